The zero-order valence-corrected chi connectivity index (χ0v) is 11.3. The molecule has 0 bridgehead atoms. The van der Waals surface area contributed by atoms with E-state index in [1.807, 2.05) is 42.6 Å². The third-order valence-electron chi connectivity index (χ3n) is 3.14. The van der Waals surface area contributed by atoms with Gasteiger partial charge in [-0.2, -0.15) is 0 Å². The first-order chi connectivity index (χ1) is 9.15. The molecule has 2 aromatic heterocycles. The van der Waals surface area contributed by atoms with Crippen molar-refractivity contribution < 1.29 is 0 Å². The standard InChI is InChI=1S/C14H13N3OS/c1-9-8-19-14(18)17(9)7-11-6-10-4-2-3-5-12(10)16-13(11)15/h2-6,8H,7H2,1H3,(H2,15,16). The van der Waals surface area contributed by atoms with Crippen LogP contribution in [0.4, 0.5) is 5.82 Å². The molecule has 96 valence electrons. The lowest BCUT2D eigenvalue weighted by Crippen LogP contribution is -2.16. The molecular formula is C14H13N3OS. The first-order valence-electron chi connectivity index (χ1n) is 5.94. The molecule has 0 radical (unpaired) electrons. The molecular weight excluding hydrogens is 258 g/mol. The molecule has 4 nitrogen and oxygen atoms in total. The molecule has 5 heteroatoms. The second-order valence-electron chi connectivity index (χ2n) is 4.45. The van der Waals surface area contributed by atoms with Gasteiger partial charge in [-0.05, 0) is 19.1 Å². The molecule has 2 N–H and O–H groups in total. The smallest absolute Gasteiger partial charge is 0.307 e. The first-order valence-corrected chi connectivity index (χ1v) is 6.82. The fourth-order valence-electron chi connectivity index (χ4n) is 2.07. The number of fused-ring (bicyclic) bond motifs is 1. The number of rotatable bonds is 2. The Kier molecular flexibility index (Phi) is 2.83. The Bertz CT molecular complexity index is 804. The van der Waals surface area contributed by atoms with E-state index in [1.165, 1.54) is 11.3 Å². The van der Waals surface area contributed by atoms with E-state index in [0.29, 0.717) is 12.4 Å². The number of anilines is 1. The number of nitrogens with two attached hydrogens (primary N) is 1. The topological polar surface area (TPSA) is 60.9 Å². The minimum atomic E-state index is 0.0325. The van der Waals surface area contributed by atoms with Crippen molar-refractivity contribution in [1.82, 2.24) is 9.55 Å². The minimum Gasteiger partial charge on any atom is -0.383 e. The van der Waals surface area contributed by atoms with Gasteiger partial charge in [-0.1, -0.05) is 29.5 Å². The highest BCUT2D eigenvalue weighted by atomic mass is 32.1. The molecule has 0 aliphatic heterocycles. The fourth-order valence-corrected chi connectivity index (χ4v) is 2.80. The minimum absolute atomic E-state index is 0.0325. The first kappa shape index (κ1) is 11.9. The molecule has 1 aromatic carbocycles. The molecule has 19 heavy (non-hydrogen) atoms. The van der Waals surface area contributed by atoms with Gasteiger partial charge in [0, 0.05) is 22.0 Å². The van der Waals surface area contributed by atoms with Crippen LogP contribution in [-0.2, 0) is 6.54 Å². The summed E-state index contributed by atoms with van der Waals surface area (Å²) in [7, 11) is 0. The molecule has 0 saturated carbocycles. The van der Waals surface area contributed by atoms with Gasteiger partial charge in [-0.3, -0.25) is 9.36 Å². The number of thiazole rings is 1. The van der Waals surface area contributed by atoms with Gasteiger partial charge in [-0.15, -0.1) is 0 Å². The molecule has 3 rings (SSSR count). The molecule has 3 aromatic rings. The van der Waals surface area contributed by atoms with Gasteiger partial charge < -0.3 is 5.73 Å². The van der Waals surface area contributed by atoms with Crippen LogP contribution in [0.25, 0.3) is 10.9 Å². The summed E-state index contributed by atoms with van der Waals surface area (Å²) >= 11 is 1.21. The Balaban J connectivity index is 2.10. The molecule has 0 unspecified atom stereocenters. The van der Waals surface area contributed by atoms with E-state index in [9.17, 15) is 4.79 Å². The Morgan fingerprint density at radius 2 is 2.16 bits per heavy atom. The second-order valence-corrected chi connectivity index (χ2v) is 5.28. The summed E-state index contributed by atoms with van der Waals surface area (Å²) in [5.41, 5.74) is 8.68. The van der Waals surface area contributed by atoms with Crippen molar-refractivity contribution in [2.24, 2.45) is 0 Å². The highest BCUT2D eigenvalue weighted by Crippen LogP contribution is 2.19. The number of hydrogen-bond donors (Lipinski definition) is 1. The highest BCUT2D eigenvalue weighted by Gasteiger charge is 2.08. The SMILES string of the molecule is Cc1csc(=O)n1Cc1cc2ccccc2nc1N. The lowest BCUT2D eigenvalue weighted by Gasteiger charge is -2.08. The number of para-hydroxylation sites is 1. The molecule has 0 aliphatic carbocycles. The fraction of sp³-hybridized carbons (Fsp3) is 0.143. The van der Waals surface area contributed by atoms with Gasteiger partial charge >= 0.3 is 4.87 Å². The van der Waals surface area contributed by atoms with E-state index < -0.39 is 0 Å². The van der Waals surface area contributed by atoms with Crippen LogP contribution < -0.4 is 10.6 Å². The summed E-state index contributed by atoms with van der Waals surface area (Å²) in [5.74, 6) is 0.483. The van der Waals surface area contributed by atoms with E-state index >= 15 is 0 Å². The molecule has 2 heterocycles. The van der Waals surface area contributed by atoms with E-state index in [-0.39, 0.29) is 4.87 Å². The van der Waals surface area contributed by atoms with Crippen LogP contribution in [0.2, 0.25) is 0 Å². The van der Waals surface area contributed by atoms with Crippen LogP contribution in [0.1, 0.15) is 11.3 Å². The Labute approximate surface area is 114 Å². The van der Waals surface area contributed by atoms with Crippen LogP contribution in [0.3, 0.4) is 0 Å². The number of pyridine rings is 1. The van der Waals surface area contributed by atoms with Gasteiger partial charge in [0.2, 0.25) is 0 Å². The molecule has 0 atom stereocenters. The van der Waals surface area contributed by atoms with E-state index in [1.54, 1.807) is 4.57 Å². The quantitative estimate of drug-likeness (QED) is 0.778. The Morgan fingerprint density at radius 3 is 2.89 bits per heavy atom. The third-order valence-corrected chi connectivity index (χ3v) is 4.02. The number of hydrogen-bond acceptors (Lipinski definition) is 4. The van der Waals surface area contributed by atoms with Gasteiger partial charge in [0.1, 0.15) is 5.82 Å². The summed E-state index contributed by atoms with van der Waals surface area (Å²) in [5, 5.41) is 2.89. The van der Waals surface area contributed by atoms with Crippen LogP contribution >= 0.6 is 11.3 Å². The van der Waals surface area contributed by atoms with Gasteiger partial charge in [0.25, 0.3) is 0 Å². The van der Waals surface area contributed by atoms with Gasteiger partial charge in [-0.25, -0.2) is 4.98 Å². The van der Waals surface area contributed by atoms with Crippen molar-refractivity contribution >= 4 is 28.1 Å². The lowest BCUT2D eigenvalue weighted by atomic mass is 10.1. The zero-order chi connectivity index (χ0) is 13.4. The number of aryl methyl sites for hydroxylation is 1. The molecule has 0 spiro atoms. The van der Waals surface area contributed by atoms with E-state index in [2.05, 4.69) is 4.98 Å². The van der Waals surface area contributed by atoms with Crippen LogP contribution in [0.5, 0.6) is 0 Å². The van der Waals surface area contributed by atoms with Crippen molar-refractivity contribution in [3.63, 3.8) is 0 Å². The van der Waals surface area contributed by atoms with Crippen molar-refractivity contribution in [2.75, 3.05) is 5.73 Å². The summed E-state index contributed by atoms with van der Waals surface area (Å²) in [6.07, 6.45) is 0. The predicted molar refractivity (Wildman–Crippen MR) is 78.6 cm³/mol. The largest absolute Gasteiger partial charge is 0.383 e. The predicted octanol–water partition coefficient (Wildman–Crippen LogP) is 2.40. The van der Waals surface area contributed by atoms with E-state index in [4.69, 9.17) is 5.73 Å². The van der Waals surface area contributed by atoms with Crippen LogP contribution in [0.15, 0.2) is 40.5 Å². The maximum Gasteiger partial charge on any atom is 0.307 e. The number of aromatic nitrogens is 2. The summed E-state index contributed by atoms with van der Waals surface area (Å²) in [6, 6.07) is 9.82. The normalized spacial score (nSPS) is 11.0. The second kappa shape index (κ2) is 4.51. The monoisotopic (exact) mass is 271 g/mol. The average Bonchev–Trinajstić information content (AvgIpc) is 2.71. The summed E-state index contributed by atoms with van der Waals surface area (Å²) in [4.78, 5) is 16.2. The zero-order valence-electron chi connectivity index (χ0n) is 10.5. The maximum absolute atomic E-state index is 11.7. The molecule has 0 amide bonds. The number of nitrogen functional groups attached to an aromatic ring is 1. The number of nitrogens with zero attached hydrogens (tertiary/aromatic N) is 2. The molecule has 0 aliphatic rings. The van der Waals surface area contributed by atoms with Gasteiger partial charge in [0.05, 0.1) is 12.1 Å². The van der Waals surface area contributed by atoms with Crippen molar-refractivity contribution in [3.8, 4) is 0 Å². The van der Waals surface area contributed by atoms with Crippen molar-refractivity contribution in [2.45, 2.75) is 13.5 Å². The lowest BCUT2D eigenvalue weighted by molar-refractivity contribution is 0.755. The Hall–Kier alpha value is -2.14. The molecule has 0 fully saturated rings. The number of benzene rings is 1. The third kappa shape index (κ3) is 2.13. The molecule has 0 saturated heterocycles. The summed E-state index contributed by atoms with van der Waals surface area (Å²) < 4.78 is 1.72. The summed E-state index contributed by atoms with van der Waals surface area (Å²) in [6.45, 7) is 2.39. The van der Waals surface area contributed by atoms with Gasteiger partial charge in [0.15, 0.2) is 0 Å². The highest BCUT2D eigenvalue weighted by molar-refractivity contribution is 7.07. The van der Waals surface area contributed by atoms with Crippen LogP contribution in [0, 0.1) is 6.92 Å². The maximum atomic E-state index is 11.7. The van der Waals surface area contributed by atoms with E-state index in [0.717, 1.165) is 22.2 Å². The average molecular weight is 271 g/mol. The van der Waals surface area contributed by atoms with Crippen LogP contribution in [-0.4, -0.2) is 9.55 Å². The van der Waals surface area contributed by atoms with Crippen molar-refractivity contribution in [1.29, 1.82) is 0 Å². The van der Waals surface area contributed by atoms with Crippen molar-refractivity contribution in [3.05, 3.63) is 56.6 Å². The Morgan fingerprint density at radius 1 is 1.37 bits per heavy atom.